The molecule has 0 aromatic heterocycles. The third-order valence-corrected chi connectivity index (χ3v) is 5.14. The maximum Gasteiger partial charge on any atom is 0.220 e. The molecule has 2 aliphatic rings. The number of fused-ring (bicyclic) bond motifs is 1. The van der Waals surface area contributed by atoms with Crippen LogP contribution in [0.25, 0.3) is 0 Å². The normalized spacial score (nSPS) is 18.0. The van der Waals surface area contributed by atoms with Crippen molar-refractivity contribution < 1.29 is 14.3 Å². The van der Waals surface area contributed by atoms with Crippen molar-refractivity contribution in [2.24, 2.45) is 5.92 Å². The number of rotatable bonds is 5. The number of amides is 1. The van der Waals surface area contributed by atoms with E-state index < -0.39 is 0 Å². The maximum atomic E-state index is 12.1. The highest BCUT2D eigenvalue weighted by molar-refractivity contribution is 6.32. The Kier molecular flexibility index (Phi) is 6.24. The fourth-order valence-electron chi connectivity index (χ4n) is 3.49. The van der Waals surface area contributed by atoms with Gasteiger partial charge in [-0.25, -0.2) is 0 Å². The number of halogens is 1. The van der Waals surface area contributed by atoms with E-state index in [0.717, 1.165) is 24.3 Å². The summed E-state index contributed by atoms with van der Waals surface area (Å²) in [5.41, 5.74) is 0.940. The van der Waals surface area contributed by atoms with Crippen molar-refractivity contribution in [3.05, 3.63) is 22.7 Å². The molecule has 0 atom stereocenters. The van der Waals surface area contributed by atoms with E-state index in [4.69, 9.17) is 21.1 Å². The van der Waals surface area contributed by atoms with E-state index in [1.165, 1.54) is 32.1 Å². The van der Waals surface area contributed by atoms with E-state index in [1.807, 2.05) is 12.1 Å². The Morgan fingerprint density at radius 2 is 1.92 bits per heavy atom. The third kappa shape index (κ3) is 4.79. The van der Waals surface area contributed by atoms with Crippen molar-refractivity contribution in [2.75, 3.05) is 13.2 Å². The van der Waals surface area contributed by atoms with Gasteiger partial charge in [-0.2, -0.15) is 0 Å². The van der Waals surface area contributed by atoms with Crippen molar-refractivity contribution in [1.29, 1.82) is 0 Å². The predicted octanol–water partition coefficient (Wildman–Crippen LogP) is 4.48. The quantitative estimate of drug-likeness (QED) is 0.850. The molecule has 1 aliphatic carbocycles. The summed E-state index contributed by atoms with van der Waals surface area (Å²) < 4.78 is 11.3. The summed E-state index contributed by atoms with van der Waals surface area (Å²) in [5, 5.41) is 3.54. The average molecular weight is 352 g/mol. The van der Waals surface area contributed by atoms with E-state index >= 15 is 0 Å². The van der Waals surface area contributed by atoms with Gasteiger partial charge in [-0.3, -0.25) is 4.79 Å². The van der Waals surface area contributed by atoms with Gasteiger partial charge in [0.1, 0.15) is 0 Å². The predicted molar refractivity (Wildman–Crippen MR) is 94.7 cm³/mol. The van der Waals surface area contributed by atoms with Crippen LogP contribution in [-0.2, 0) is 11.3 Å². The molecule has 1 saturated carbocycles. The Bertz CT molecular complexity index is 570. The summed E-state index contributed by atoms with van der Waals surface area (Å²) in [6, 6.07) is 3.75. The highest BCUT2D eigenvalue weighted by Gasteiger charge is 2.17. The summed E-state index contributed by atoms with van der Waals surface area (Å²) in [6.07, 6.45) is 9.03. The first kappa shape index (κ1) is 17.4. The molecule has 132 valence electrons. The first-order chi connectivity index (χ1) is 11.7. The average Bonchev–Trinajstić information content (AvgIpc) is 2.85. The van der Waals surface area contributed by atoms with Crippen LogP contribution >= 0.6 is 11.6 Å². The molecule has 0 bridgehead atoms. The number of benzene rings is 1. The van der Waals surface area contributed by atoms with E-state index in [-0.39, 0.29) is 5.91 Å². The van der Waals surface area contributed by atoms with E-state index in [0.29, 0.717) is 42.7 Å². The lowest BCUT2D eigenvalue weighted by atomic mass is 9.86. The van der Waals surface area contributed by atoms with Gasteiger partial charge in [0.25, 0.3) is 0 Å². The van der Waals surface area contributed by atoms with Gasteiger partial charge in [-0.1, -0.05) is 43.7 Å². The molecule has 0 saturated heterocycles. The maximum absolute atomic E-state index is 12.1. The second-order valence-electron chi connectivity index (χ2n) is 6.77. The summed E-state index contributed by atoms with van der Waals surface area (Å²) in [5.74, 6) is 2.13. The van der Waals surface area contributed by atoms with Crippen LogP contribution in [0.5, 0.6) is 11.5 Å². The zero-order chi connectivity index (χ0) is 16.8. The first-order valence-electron chi connectivity index (χ1n) is 9.07. The zero-order valence-corrected chi connectivity index (χ0v) is 14.9. The van der Waals surface area contributed by atoms with Crippen LogP contribution in [0.2, 0.25) is 5.02 Å². The molecule has 0 radical (unpaired) electrons. The van der Waals surface area contributed by atoms with Crippen LogP contribution < -0.4 is 14.8 Å². The highest BCUT2D eigenvalue weighted by Crippen LogP contribution is 2.38. The highest BCUT2D eigenvalue weighted by atomic mass is 35.5. The van der Waals surface area contributed by atoms with Crippen molar-refractivity contribution in [3.8, 4) is 11.5 Å². The van der Waals surface area contributed by atoms with Gasteiger partial charge in [0, 0.05) is 19.4 Å². The van der Waals surface area contributed by atoms with Gasteiger partial charge >= 0.3 is 0 Å². The second kappa shape index (κ2) is 8.61. The molecule has 24 heavy (non-hydrogen) atoms. The number of nitrogens with one attached hydrogen (secondary N) is 1. The van der Waals surface area contributed by atoms with E-state index in [1.54, 1.807) is 0 Å². The molecule has 1 aromatic carbocycles. The summed E-state index contributed by atoms with van der Waals surface area (Å²) >= 11 is 6.28. The molecule has 1 heterocycles. The van der Waals surface area contributed by atoms with Gasteiger partial charge in [0.05, 0.1) is 18.2 Å². The molecule has 1 aromatic rings. The second-order valence-corrected chi connectivity index (χ2v) is 7.18. The summed E-state index contributed by atoms with van der Waals surface area (Å²) in [4.78, 5) is 12.1. The number of carbonyl (C=O) groups excluding carboxylic acids is 1. The largest absolute Gasteiger partial charge is 0.489 e. The molecule has 1 N–H and O–H groups in total. The molecular formula is C19H26ClNO3. The molecule has 1 fully saturated rings. The Morgan fingerprint density at radius 3 is 2.75 bits per heavy atom. The smallest absolute Gasteiger partial charge is 0.220 e. The van der Waals surface area contributed by atoms with Gasteiger partial charge in [-0.15, -0.1) is 0 Å². The summed E-state index contributed by atoms with van der Waals surface area (Å²) in [6.45, 7) is 1.71. The van der Waals surface area contributed by atoms with Crippen LogP contribution in [0.1, 0.15) is 56.9 Å². The van der Waals surface area contributed by atoms with E-state index in [9.17, 15) is 4.79 Å². The van der Waals surface area contributed by atoms with Crippen molar-refractivity contribution in [2.45, 2.75) is 57.9 Å². The Labute approximate surface area is 148 Å². The van der Waals surface area contributed by atoms with Crippen LogP contribution in [0.4, 0.5) is 0 Å². The molecule has 0 spiro atoms. The van der Waals surface area contributed by atoms with Crippen molar-refractivity contribution >= 4 is 17.5 Å². The minimum atomic E-state index is 0.115. The first-order valence-corrected chi connectivity index (χ1v) is 9.45. The van der Waals surface area contributed by atoms with Gasteiger partial charge in [0.2, 0.25) is 5.91 Å². The number of ether oxygens (including phenoxy) is 2. The number of hydrogen-bond acceptors (Lipinski definition) is 3. The lowest BCUT2D eigenvalue weighted by Gasteiger charge is -2.21. The molecule has 1 amide bonds. The minimum Gasteiger partial charge on any atom is -0.489 e. The molecule has 1 aliphatic heterocycles. The monoisotopic (exact) mass is 351 g/mol. The molecule has 5 heteroatoms. The zero-order valence-electron chi connectivity index (χ0n) is 14.1. The number of hydrogen-bond donors (Lipinski definition) is 1. The molecule has 0 unspecified atom stereocenters. The van der Waals surface area contributed by atoms with Crippen LogP contribution in [0.15, 0.2) is 12.1 Å². The van der Waals surface area contributed by atoms with Crippen molar-refractivity contribution in [3.63, 3.8) is 0 Å². The Morgan fingerprint density at radius 1 is 1.12 bits per heavy atom. The van der Waals surface area contributed by atoms with Crippen LogP contribution in [0.3, 0.4) is 0 Å². The van der Waals surface area contributed by atoms with Crippen LogP contribution in [-0.4, -0.2) is 19.1 Å². The fourth-order valence-corrected chi connectivity index (χ4v) is 3.77. The minimum absolute atomic E-state index is 0.115. The third-order valence-electron chi connectivity index (χ3n) is 4.86. The molecule has 4 nitrogen and oxygen atoms in total. The lowest BCUT2D eigenvalue weighted by Crippen LogP contribution is -2.23. The Hall–Kier alpha value is -1.42. The van der Waals surface area contributed by atoms with Crippen molar-refractivity contribution in [1.82, 2.24) is 5.32 Å². The van der Waals surface area contributed by atoms with Gasteiger partial charge < -0.3 is 14.8 Å². The standard InChI is InChI=1S/C19H26ClNO3/c20-16-11-15(12-17-19(16)24-10-4-9-23-17)13-21-18(22)8-7-14-5-2-1-3-6-14/h11-12,14H,1-10,13H2,(H,21,22). The Balaban J connectivity index is 1.49. The number of carbonyl (C=O) groups is 1. The SMILES string of the molecule is O=C(CCC1CCCCC1)NCc1cc(Cl)c2c(c1)OCCCO2. The van der Waals surface area contributed by atoms with Crippen LogP contribution in [0, 0.1) is 5.92 Å². The topological polar surface area (TPSA) is 47.6 Å². The van der Waals surface area contributed by atoms with Gasteiger partial charge in [0.15, 0.2) is 11.5 Å². The fraction of sp³-hybridized carbons (Fsp3) is 0.632. The molecule has 3 rings (SSSR count). The van der Waals surface area contributed by atoms with Gasteiger partial charge in [-0.05, 0) is 30.0 Å². The van der Waals surface area contributed by atoms with E-state index in [2.05, 4.69) is 5.32 Å². The summed E-state index contributed by atoms with van der Waals surface area (Å²) in [7, 11) is 0. The molecular weight excluding hydrogens is 326 g/mol. The lowest BCUT2D eigenvalue weighted by molar-refractivity contribution is -0.121.